The summed E-state index contributed by atoms with van der Waals surface area (Å²) in [5.74, 6) is 1.25. The van der Waals surface area contributed by atoms with Gasteiger partial charge in [0, 0.05) is 10.4 Å². The minimum atomic E-state index is -0.193. The lowest BCUT2D eigenvalue weighted by Crippen LogP contribution is -2.18. The van der Waals surface area contributed by atoms with Gasteiger partial charge in [0.15, 0.2) is 0 Å². The van der Waals surface area contributed by atoms with Crippen molar-refractivity contribution in [3.8, 4) is 47.3 Å². The smallest absolute Gasteiger partial charge is 0.140 e. The highest BCUT2D eigenvalue weighted by atomic mass is 16.5. The van der Waals surface area contributed by atoms with Crippen LogP contribution in [-0.2, 0) is 0 Å². The van der Waals surface area contributed by atoms with E-state index in [0.29, 0.717) is 11.5 Å². The molecule has 0 fully saturated rings. The lowest BCUT2D eigenvalue weighted by Gasteiger charge is -2.12. The minimum Gasteiger partial charge on any atom is -0.457 e. The van der Waals surface area contributed by atoms with Crippen molar-refractivity contribution in [1.82, 2.24) is 0 Å². The predicted molar refractivity (Wildman–Crippen MR) is 113 cm³/mol. The first-order valence-electron chi connectivity index (χ1n) is 9.10. The zero-order valence-electron chi connectivity index (χ0n) is 16.5. The minimum absolute atomic E-state index is 0.152. The highest BCUT2D eigenvalue weighted by Crippen LogP contribution is 2.23. The lowest BCUT2D eigenvalue weighted by atomic mass is 10.1. The van der Waals surface area contributed by atoms with E-state index in [1.807, 2.05) is 43.3 Å². The second-order valence-electron chi connectivity index (χ2n) is 6.38. The van der Waals surface area contributed by atoms with Crippen LogP contribution in [0.15, 0.2) is 66.7 Å². The molecule has 0 atom stereocenters. The zero-order valence-corrected chi connectivity index (χ0v) is 16.5. The van der Waals surface area contributed by atoms with Crippen LogP contribution in [0.3, 0.4) is 0 Å². The van der Waals surface area contributed by atoms with Crippen molar-refractivity contribution in [2.24, 2.45) is 0 Å². The molecule has 0 spiro atoms. The van der Waals surface area contributed by atoms with E-state index in [0.717, 1.165) is 5.56 Å². The molecule has 0 N–H and O–H groups in total. The molecule has 0 unspecified atom stereocenters. The van der Waals surface area contributed by atoms with Crippen LogP contribution in [0.1, 0.15) is 5.56 Å². The Bertz CT molecular complexity index is 1400. The molecule has 6 heteroatoms. The fourth-order valence-corrected chi connectivity index (χ4v) is 2.83. The number of nitriles is 4. The molecule has 0 aliphatic rings. The van der Waals surface area contributed by atoms with Gasteiger partial charge >= 0.3 is 0 Å². The van der Waals surface area contributed by atoms with Gasteiger partial charge in [-0.1, -0.05) is 30.3 Å². The Kier molecular flexibility index (Phi) is 6.30. The molecule has 3 aromatic carbocycles. The summed E-state index contributed by atoms with van der Waals surface area (Å²) in [6.07, 6.45) is 0. The molecule has 6 nitrogen and oxygen atoms in total. The standard InChI is InChI=1S/C25H14N4O2/c1-17-6-5-9-21(10-17)31-25-12-22(18(13-26)14-27)24(11-23(25)19(15-28)16-29)30-20-7-3-2-4-8-20/h2-12H,1H3. The van der Waals surface area contributed by atoms with Crippen molar-refractivity contribution in [3.63, 3.8) is 0 Å². The van der Waals surface area contributed by atoms with Crippen LogP contribution in [0.2, 0.25) is 0 Å². The van der Waals surface area contributed by atoms with Gasteiger partial charge in [0.25, 0.3) is 0 Å². The number of nitrogens with zero attached hydrogens (tertiary/aromatic N) is 4. The van der Waals surface area contributed by atoms with E-state index < -0.39 is 0 Å². The summed E-state index contributed by atoms with van der Waals surface area (Å²) in [5.41, 5.74) is 0.569. The fourth-order valence-electron chi connectivity index (χ4n) is 2.83. The molecule has 0 aliphatic carbocycles. The molecule has 31 heavy (non-hydrogen) atoms. The van der Waals surface area contributed by atoms with E-state index in [1.165, 1.54) is 12.1 Å². The number of hydrogen-bond acceptors (Lipinski definition) is 6. The fraction of sp³-hybridized carbons (Fsp3) is 0.0400. The first-order chi connectivity index (χ1) is 15.1. The summed E-state index contributed by atoms with van der Waals surface area (Å²) in [6, 6.07) is 26.3. The van der Waals surface area contributed by atoms with Crippen molar-refractivity contribution in [2.45, 2.75) is 6.92 Å². The average Bonchev–Trinajstić information content (AvgIpc) is 2.78. The number of ether oxygens (including phenoxy) is 2. The molecular weight excluding hydrogens is 388 g/mol. The SMILES string of the molecule is Cc1cccc(Oc2cc(=C(C#N)C#N)c(Oc3ccccc3)cc2=C(C#N)C#N)c1. The molecule has 0 radical (unpaired) electrons. The van der Waals surface area contributed by atoms with Crippen LogP contribution in [0.25, 0.3) is 11.1 Å². The Morgan fingerprint density at radius 2 is 1.10 bits per heavy atom. The maximum absolute atomic E-state index is 9.45. The Hall–Kier alpha value is -5.04. The summed E-state index contributed by atoms with van der Waals surface area (Å²) < 4.78 is 11.8. The molecule has 0 heterocycles. The molecular formula is C25H14N4O2. The summed E-state index contributed by atoms with van der Waals surface area (Å²) in [7, 11) is 0. The van der Waals surface area contributed by atoms with Gasteiger partial charge in [0.1, 0.15) is 58.4 Å². The van der Waals surface area contributed by atoms with Crippen molar-refractivity contribution in [1.29, 1.82) is 21.0 Å². The van der Waals surface area contributed by atoms with Gasteiger partial charge in [-0.25, -0.2) is 0 Å². The van der Waals surface area contributed by atoms with Gasteiger partial charge in [-0.3, -0.25) is 0 Å². The van der Waals surface area contributed by atoms with Crippen LogP contribution >= 0.6 is 0 Å². The molecule has 3 rings (SSSR count). The van der Waals surface area contributed by atoms with Gasteiger partial charge in [-0.05, 0) is 48.9 Å². The van der Waals surface area contributed by atoms with Crippen LogP contribution < -0.4 is 19.9 Å². The monoisotopic (exact) mass is 402 g/mol. The van der Waals surface area contributed by atoms with Crippen molar-refractivity contribution < 1.29 is 9.47 Å². The summed E-state index contributed by atoms with van der Waals surface area (Å²) >= 11 is 0. The number of hydrogen-bond donors (Lipinski definition) is 0. The molecule has 146 valence electrons. The van der Waals surface area contributed by atoms with Crippen LogP contribution in [-0.4, -0.2) is 0 Å². The van der Waals surface area contributed by atoms with E-state index in [4.69, 9.17) is 9.47 Å². The Labute approximate surface area is 179 Å². The molecule has 0 amide bonds. The Balaban J connectivity index is 2.35. The topological polar surface area (TPSA) is 114 Å². The average molecular weight is 402 g/mol. The third-order valence-electron chi connectivity index (χ3n) is 4.26. The maximum atomic E-state index is 9.45. The van der Waals surface area contributed by atoms with E-state index >= 15 is 0 Å². The number of rotatable bonds is 4. The summed E-state index contributed by atoms with van der Waals surface area (Å²) in [5, 5.41) is 38.2. The second-order valence-corrected chi connectivity index (χ2v) is 6.38. The third kappa shape index (κ3) is 4.69. The molecule has 3 aromatic rings. The first-order valence-corrected chi connectivity index (χ1v) is 9.10. The van der Waals surface area contributed by atoms with E-state index in [1.54, 1.807) is 42.5 Å². The second kappa shape index (κ2) is 9.44. The number of benzene rings is 3. The van der Waals surface area contributed by atoms with Crippen LogP contribution in [0, 0.1) is 52.2 Å². The largest absolute Gasteiger partial charge is 0.457 e. The van der Waals surface area contributed by atoms with Crippen LogP contribution in [0.4, 0.5) is 0 Å². The molecule has 0 aliphatic heterocycles. The summed E-state index contributed by atoms with van der Waals surface area (Å²) in [4.78, 5) is 0. The van der Waals surface area contributed by atoms with Gasteiger partial charge in [0.05, 0.1) is 0 Å². The van der Waals surface area contributed by atoms with Gasteiger partial charge in [0.2, 0.25) is 0 Å². The lowest BCUT2D eigenvalue weighted by molar-refractivity contribution is 0.462. The molecule has 0 bridgehead atoms. The van der Waals surface area contributed by atoms with E-state index in [2.05, 4.69) is 0 Å². The van der Waals surface area contributed by atoms with Crippen molar-refractivity contribution in [3.05, 3.63) is 82.7 Å². The third-order valence-corrected chi connectivity index (χ3v) is 4.26. The normalized spacial score (nSPS) is 9.32. The highest BCUT2D eigenvalue weighted by Gasteiger charge is 2.13. The molecule has 0 aromatic heterocycles. The maximum Gasteiger partial charge on any atom is 0.140 e. The first kappa shape index (κ1) is 20.7. The predicted octanol–water partition coefficient (Wildman–Crippen LogP) is 3.98. The van der Waals surface area contributed by atoms with E-state index in [9.17, 15) is 21.0 Å². The Morgan fingerprint density at radius 3 is 1.58 bits per heavy atom. The van der Waals surface area contributed by atoms with Gasteiger partial charge in [-0.15, -0.1) is 0 Å². The number of aryl methyl sites for hydroxylation is 1. The Morgan fingerprint density at radius 1 is 0.613 bits per heavy atom. The zero-order chi connectivity index (χ0) is 22.2. The van der Waals surface area contributed by atoms with Gasteiger partial charge < -0.3 is 9.47 Å². The van der Waals surface area contributed by atoms with Crippen LogP contribution in [0.5, 0.6) is 23.0 Å². The van der Waals surface area contributed by atoms with Gasteiger partial charge in [-0.2, -0.15) is 21.0 Å². The molecule has 0 saturated carbocycles. The van der Waals surface area contributed by atoms with Crippen molar-refractivity contribution in [2.75, 3.05) is 0 Å². The van der Waals surface area contributed by atoms with E-state index in [-0.39, 0.29) is 33.1 Å². The molecule has 0 saturated heterocycles. The number of para-hydroxylation sites is 1. The summed E-state index contributed by atoms with van der Waals surface area (Å²) in [6.45, 7) is 1.90. The van der Waals surface area contributed by atoms with Crippen molar-refractivity contribution >= 4 is 11.1 Å². The quantitative estimate of drug-likeness (QED) is 0.652. The highest BCUT2D eigenvalue weighted by molar-refractivity contribution is 5.77.